The molecule has 86 valence electrons. The van der Waals surface area contributed by atoms with Crippen molar-refractivity contribution in [1.29, 1.82) is 0 Å². The van der Waals surface area contributed by atoms with Gasteiger partial charge in [0, 0.05) is 17.7 Å². The lowest BCUT2D eigenvalue weighted by atomic mass is 9.99. The van der Waals surface area contributed by atoms with Crippen LogP contribution in [0.15, 0.2) is 11.6 Å². The normalized spacial score (nSPS) is 20.5. The van der Waals surface area contributed by atoms with Gasteiger partial charge in [-0.15, -0.1) is 0 Å². The molecule has 0 aromatic rings. The van der Waals surface area contributed by atoms with Crippen molar-refractivity contribution in [2.45, 2.75) is 38.1 Å². The van der Waals surface area contributed by atoms with E-state index in [1.54, 1.807) is 13.0 Å². The van der Waals surface area contributed by atoms with Crippen LogP contribution in [0.2, 0.25) is 0 Å². The molecule has 4 heteroatoms. The summed E-state index contributed by atoms with van der Waals surface area (Å²) in [5.74, 6) is -0.888. The van der Waals surface area contributed by atoms with E-state index in [4.69, 9.17) is 5.11 Å². The lowest BCUT2D eigenvalue weighted by Crippen LogP contribution is -2.46. The fraction of sp³-hybridized carbons (Fsp3) is 0.727. The molecule has 1 saturated carbocycles. The smallest absolute Gasteiger partial charge is 0.330 e. The summed E-state index contributed by atoms with van der Waals surface area (Å²) >= 11 is 0. The van der Waals surface area contributed by atoms with E-state index in [1.165, 1.54) is 0 Å². The van der Waals surface area contributed by atoms with E-state index in [0.717, 1.165) is 25.7 Å². The zero-order valence-corrected chi connectivity index (χ0v) is 9.12. The highest BCUT2D eigenvalue weighted by Gasteiger charge is 2.31. The summed E-state index contributed by atoms with van der Waals surface area (Å²) < 4.78 is 0. The van der Waals surface area contributed by atoms with Crippen molar-refractivity contribution in [2.75, 3.05) is 13.2 Å². The number of hydrogen-bond donors (Lipinski definition) is 3. The van der Waals surface area contributed by atoms with Crippen molar-refractivity contribution >= 4 is 5.97 Å². The van der Waals surface area contributed by atoms with Crippen molar-refractivity contribution in [3.8, 4) is 0 Å². The Kier molecular flexibility index (Phi) is 4.29. The highest BCUT2D eigenvalue weighted by molar-refractivity contribution is 5.85. The minimum absolute atomic E-state index is 0.132. The van der Waals surface area contributed by atoms with E-state index >= 15 is 0 Å². The summed E-state index contributed by atoms with van der Waals surface area (Å²) in [6, 6.07) is 0. The molecular formula is C11H19NO3. The average molecular weight is 213 g/mol. The molecule has 0 saturated heterocycles. The number of nitrogens with one attached hydrogen (secondary N) is 1. The average Bonchev–Trinajstić information content (AvgIpc) is 2.67. The molecule has 1 aliphatic carbocycles. The van der Waals surface area contributed by atoms with E-state index in [2.05, 4.69) is 5.32 Å². The van der Waals surface area contributed by atoms with E-state index in [-0.39, 0.29) is 12.1 Å². The first-order valence-electron chi connectivity index (χ1n) is 5.36. The quantitative estimate of drug-likeness (QED) is 0.594. The van der Waals surface area contributed by atoms with Crippen LogP contribution in [-0.4, -0.2) is 34.9 Å². The molecule has 0 aromatic heterocycles. The van der Waals surface area contributed by atoms with Gasteiger partial charge in [0.25, 0.3) is 0 Å². The fourth-order valence-electron chi connectivity index (χ4n) is 1.95. The maximum Gasteiger partial charge on any atom is 0.330 e. The molecule has 0 aliphatic heterocycles. The number of rotatable bonds is 5. The molecule has 0 amide bonds. The SMILES string of the molecule is CC(=CCNC1(CO)CCCC1)C(=O)O. The number of aliphatic hydroxyl groups excluding tert-OH is 1. The predicted octanol–water partition coefficient (Wildman–Crippen LogP) is 0.912. The molecule has 4 nitrogen and oxygen atoms in total. The van der Waals surface area contributed by atoms with Gasteiger partial charge in [0.05, 0.1) is 6.61 Å². The van der Waals surface area contributed by atoms with Crippen LogP contribution in [0.4, 0.5) is 0 Å². The third-order valence-corrected chi connectivity index (χ3v) is 3.09. The first kappa shape index (κ1) is 12.2. The standard InChI is InChI=1S/C11H19NO3/c1-9(10(14)15)4-7-12-11(8-13)5-2-3-6-11/h4,12-13H,2-3,5-8H2,1H3,(H,14,15). The third kappa shape index (κ3) is 3.32. The lowest BCUT2D eigenvalue weighted by molar-refractivity contribution is -0.132. The number of carboxylic acids is 1. The van der Waals surface area contributed by atoms with Crippen LogP contribution < -0.4 is 5.32 Å². The van der Waals surface area contributed by atoms with Crippen LogP contribution in [0.25, 0.3) is 0 Å². The van der Waals surface area contributed by atoms with E-state index in [0.29, 0.717) is 12.1 Å². The Morgan fingerprint density at radius 2 is 2.07 bits per heavy atom. The fourth-order valence-corrected chi connectivity index (χ4v) is 1.95. The van der Waals surface area contributed by atoms with Crippen molar-refractivity contribution in [2.24, 2.45) is 0 Å². The van der Waals surface area contributed by atoms with Crippen LogP contribution in [0.5, 0.6) is 0 Å². The molecule has 15 heavy (non-hydrogen) atoms. The van der Waals surface area contributed by atoms with E-state index in [1.807, 2.05) is 0 Å². The van der Waals surface area contributed by atoms with Crippen molar-refractivity contribution in [3.05, 3.63) is 11.6 Å². The van der Waals surface area contributed by atoms with Crippen molar-refractivity contribution < 1.29 is 15.0 Å². The maximum absolute atomic E-state index is 10.5. The van der Waals surface area contributed by atoms with Gasteiger partial charge < -0.3 is 15.5 Å². The molecule has 1 rings (SSSR count). The van der Waals surface area contributed by atoms with Crippen molar-refractivity contribution in [3.63, 3.8) is 0 Å². The Morgan fingerprint density at radius 1 is 1.47 bits per heavy atom. The lowest BCUT2D eigenvalue weighted by Gasteiger charge is -2.27. The van der Waals surface area contributed by atoms with Gasteiger partial charge in [-0.3, -0.25) is 0 Å². The number of hydrogen-bond acceptors (Lipinski definition) is 3. The summed E-state index contributed by atoms with van der Waals surface area (Å²) in [5, 5.41) is 21.2. The number of aliphatic hydroxyl groups is 1. The van der Waals surface area contributed by atoms with Crippen LogP contribution >= 0.6 is 0 Å². The van der Waals surface area contributed by atoms with Gasteiger partial charge >= 0.3 is 5.97 Å². The molecule has 0 spiro atoms. The zero-order valence-electron chi connectivity index (χ0n) is 9.12. The van der Waals surface area contributed by atoms with E-state index < -0.39 is 5.97 Å². The van der Waals surface area contributed by atoms with Gasteiger partial charge in [-0.25, -0.2) is 4.79 Å². The number of carboxylic acid groups (broad SMARTS) is 1. The summed E-state index contributed by atoms with van der Waals surface area (Å²) in [6.45, 7) is 2.22. The van der Waals surface area contributed by atoms with Gasteiger partial charge in [-0.05, 0) is 19.8 Å². The Balaban J connectivity index is 2.41. The van der Waals surface area contributed by atoms with Gasteiger partial charge in [-0.2, -0.15) is 0 Å². The first-order chi connectivity index (χ1) is 7.09. The van der Waals surface area contributed by atoms with Crippen LogP contribution in [-0.2, 0) is 4.79 Å². The van der Waals surface area contributed by atoms with Crippen LogP contribution in [0.3, 0.4) is 0 Å². The monoisotopic (exact) mass is 213 g/mol. The molecule has 0 bridgehead atoms. The summed E-state index contributed by atoms with van der Waals surface area (Å²) in [4.78, 5) is 10.5. The first-order valence-corrected chi connectivity index (χ1v) is 5.36. The Morgan fingerprint density at radius 3 is 2.53 bits per heavy atom. The molecule has 0 aromatic carbocycles. The summed E-state index contributed by atoms with van der Waals surface area (Å²) in [6.07, 6.45) is 5.87. The molecule has 3 N–H and O–H groups in total. The second-order valence-corrected chi connectivity index (χ2v) is 4.22. The largest absolute Gasteiger partial charge is 0.478 e. The summed E-state index contributed by atoms with van der Waals surface area (Å²) in [5.41, 5.74) is 0.170. The topological polar surface area (TPSA) is 69.6 Å². The van der Waals surface area contributed by atoms with Gasteiger partial charge in [-0.1, -0.05) is 18.9 Å². The molecule has 0 unspecified atom stereocenters. The van der Waals surface area contributed by atoms with Gasteiger partial charge in [0.15, 0.2) is 0 Å². The van der Waals surface area contributed by atoms with Crippen molar-refractivity contribution in [1.82, 2.24) is 5.32 Å². The Hall–Kier alpha value is -0.870. The highest BCUT2D eigenvalue weighted by Crippen LogP contribution is 2.28. The second kappa shape index (κ2) is 5.28. The zero-order chi connectivity index (χ0) is 11.3. The Bertz CT molecular complexity index is 255. The number of carbonyl (C=O) groups is 1. The Labute approximate surface area is 90.0 Å². The molecule has 1 fully saturated rings. The molecular weight excluding hydrogens is 194 g/mol. The number of aliphatic carboxylic acids is 1. The minimum Gasteiger partial charge on any atom is -0.478 e. The third-order valence-electron chi connectivity index (χ3n) is 3.09. The second-order valence-electron chi connectivity index (χ2n) is 4.22. The van der Waals surface area contributed by atoms with Crippen LogP contribution in [0.1, 0.15) is 32.6 Å². The molecule has 0 radical (unpaired) electrons. The summed E-state index contributed by atoms with van der Waals surface area (Å²) in [7, 11) is 0. The van der Waals surface area contributed by atoms with Gasteiger partial charge in [0.2, 0.25) is 0 Å². The molecule has 0 heterocycles. The van der Waals surface area contributed by atoms with E-state index in [9.17, 15) is 9.90 Å². The molecule has 1 aliphatic rings. The maximum atomic E-state index is 10.5. The minimum atomic E-state index is -0.888. The molecule has 0 atom stereocenters. The van der Waals surface area contributed by atoms with Gasteiger partial charge in [0.1, 0.15) is 0 Å². The van der Waals surface area contributed by atoms with Crippen LogP contribution in [0, 0.1) is 0 Å². The predicted molar refractivity (Wildman–Crippen MR) is 57.7 cm³/mol. The highest BCUT2D eigenvalue weighted by atomic mass is 16.4.